The molecule has 1 fully saturated rings. The molecule has 1 aromatic rings. The first-order chi connectivity index (χ1) is 12.9. The third-order valence-corrected chi connectivity index (χ3v) is 4.92. The predicted octanol–water partition coefficient (Wildman–Crippen LogP) is 3.43. The Morgan fingerprint density at radius 3 is 2.63 bits per heavy atom. The molecule has 1 heterocycles. The lowest BCUT2D eigenvalue weighted by Crippen LogP contribution is -2.42. The van der Waals surface area contributed by atoms with E-state index >= 15 is 0 Å². The summed E-state index contributed by atoms with van der Waals surface area (Å²) in [5.41, 5.74) is 0.948. The van der Waals surface area contributed by atoms with Crippen molar-refractivity contribution in [2.24, 2.45) is 0 Å². The summed E-state index contributed by atoms with van der Waals surface area (Å²) in [4.78, 5) is 16.3. The first kappa shape index (κ1) is 21.7. The zero-order chi connectivity index (χ0) is 20.0. The first-order valence-corrected chi connectivity index (χ1v) is 9.69. The van der Waals surface area contributed by atoms with Gasteiger partial charge in [-0.2, -0.15) is 12.6 Å². The number of carbonyl (C=O) groups is 1. The maximum atomic E-state index is 12.5. The fraction of sp³-hybridized carbons (Fsp3) is 0.450. The lowest BCUT2D eigenvalue weighted by Gasteiger charge is -2.26. The average molecular weight is 411 g/mol. The van der Waals surface area contributed by atoms with Crippen molar-refractivity contribution in [3.63, 3.8) is 0 Å². The number of likely N-dealkylation sites (N-methyl/N-ethyl adjacent to an activating group) is 1. The Morgan fingerprint density at radius 2 is 2.00 bits per heavy atom. The number of ether oxygens (including phenoxy) is 2. The molecule has 2 atom stereocenters. The molecule has 1 aliphatic rings. The van der Waals surface area contributed by atoms with Gasteiger partial charge < -0.3 is 14.4 Å². The molecule has 0 N–H and O–H groups in total. The van der Waals surface area contributed by atoms with Crippen molar-refractivity contribution in [3.05, 3.63) is 48.0 Å². The van der Waals surface area contributed by atoms with Crippen LogP contribution in [0.2, 0.25) is 5.02 Å². The Bertz CT molecular complexity index is 696. The quantitative estimate of drug-likeness (QED) is 0.500. The number of halogens is 1. The molecule has 5 nitrogen and oxygen atoms in total. The van der Waals surface area contributed by atoms with Gasteiger partial charge in [0.1, 0.15) is 13.2 Å². The topological polar surface area (TPSA) is 42.0 Å². The van der Waals surface area contributed by atoms with Crippen LogP contribution in [0.1, 0.15) is 12.0 Å². The highest BCUT2D eigenvalue weighted by atomic mass is 35.5. The normalized spacial score (nSPS) is 19.6. The van der Waals surface area contributed by atoms with Gasteiger partial charge in [-0.15, -0.1) is 0 Å². The molecule has 0 aromatic heterocycles. The maximum absolute atomic E-state index is 12.5. The van der Waals surface area contributed by atoms with E-state index < -0.39 is 0 Å². The highest BCUT2D eigenvalue weighted by Crippen LogP contribution is 2.38. The van der Waals surface area contributed by atoms with E-state index in [4.69, 9.17) is 21.1 Å². The standard InChI is InChI=1S/C20H27ClN2O3S/c1-5-7-25-18-10-14(9-16(21)19(18)26-8-6-2)12-23-13-15(27)11-17(23)20(24)22(3)4/h5-6,9-10,15,17,27H,1-2,7-8,11-13H2,3-4H3/t15-,17-/m0/s1. The zero-order valence-corrected chi connectivity index (χ0v) is 17.5. The Kier molecular flexibility index (Phi) is 8.07. The molecule has 1 amide bonds. The smallest absolute Gasteiger partial charge is 0.239 e. The molecule has 1 aromatic carbocycles. The molecule has 0 radical (unpaired) electrons. The SMILES string of the molecule is C=CCOc1cc(CN2C[C@@H](S)C[C@H]2C(=O)N(C)C)cc(Cl)c1OCC=C. The molecule has 1 aliphatic heterocycles. The minimum Gasteiger partial charge on any atom is -0.486 e. The van der Waals surface area contributed by atoms with Gasteiger partial charge in [-0.3, -0.25) is 9.69 Å². The van der Waals surface area contributed by atoms with E-state index in [-0.39, 0.29) is 17.2 Å². The van der Waals surface area contributed by atoms with Crippen molar-refractivity contribution >= 4 is 30.1 Å². The zero-order valence-electron chi connectivity index (χ0n) is 15.9. The van der Waals surface area contributed by atoms with E-state index in [0.717, 1.165) is 18.5 Å². The number of hydrogen-bond acceptors (Lipinski definition) is 5. The van der Waals surface area contributed by atoms with Crippen LogP contribution < -0.4 is 9.47 Å². The summed E-state index contributed by atoms with van der Waals surface area (Å²) in [6, 6.07) is 3.57. The lowest BCUT2D eigenvalue weighted by molar-refractivity contribution is -0.133. The van der Waals surface area contributed by atoms with Gasteiger partial charge in [0, 0.05) is 32.4 Å². The summed E-state index contributed by atoms with van der Waals surface area (Å²) in [5.74, 6) is 1.12. The molecule has 1 saturated heterocycles. The van der Waals surface area contributed by atoms with Crippen LogP contribution in [0.3, 0.4) is 0 Å². The lowest BCUT2D eigenvalue weighted by atomic mass is 10.1. The molecule has 0 saturated carbocycles. The third kappa shape index (κ3) is 5.67. The van der Waals surface area contributed by atoms with Gasteiger partial charge in [0.15, 0.2) is 11.5 Å². The van der Waals surface area contributed by atoms with E-state index in [0.29, 0.717) is 36.3 Å². The number of hydrogen-bond donors (Lipinski definition) is 1. The Morgan fingerprint density at radius 1 is 1.33 bits per heavy atom. The second-order valence-corrected chi connectivity index (χ2v) is 7.81. The fourth-order valence-electron chi connectivity index (χ4n) is 3.09. The molecule has 0 spiro atoms. The third-order valence-electron chi connectivity index (χ3n) is 4.26. The molecule has 2 rings (SSSR count). The Hall–Kier alpha value is -1.63. The molecular formula is C20H27ClN2O3S. The van der Waals surface area contributed by atoms with Gasteiger partial charge in [0.25, 0.3) is 0 Å². The second-order valence-electron chi connectivity index (χ2n) is 6.67. The van der Waals surface area contributed by atoms with Crippen LogP contribution in [0.15, 0.2) is 37.4 Å². The van der Waals surface area contributed by atoms with Crippen LogP contribution in [0.5, 0.6) is 11.5 Å². The number of likely N-dealkylation sites (tertiary alicyclic amines) is 1. The van der Waals surface area contributed by atoms with Crippen molar-refractivity contribution in [3.8, 4) is 11.5 Å². The fourth-order valence-corrected chi connectivity index (χ4v) is 3.79. The van der Waals surface area contributed by atoms with E-state index in [1.165, 1.54) is 0 Å². The van der Waals surface area contributed by atoms with Crippen molar-refractivity contribution in [1.82, 2.24) is 9.80 Å². The van der Waals surface area contributed by atoms with Crippen LogP contribution in [0.25, 0.3) is 0 Å². The monoisotopic (exact) mass is 410 g/mol. The number of rotatable bonds is 9. The second kappa shape index (κ2) is 10.1. The van der Waals surface area contributed by atoms with Crippen LogP contribution in [0.4, 0.5) is 0 Å². The number of amides is 1. The van der Waals surface area contributed by atoms with Gasteiger partial charge in [-0.25, -0.2) is 0 Å². The molecule has 27 heavy (non-hydrogen) atoms. The number of nitrogens with zero attached hydrogens (tertiary/aromatic N) is 2. The summed E-state index contributed by atoms with van der Waals surface area (Å²) < 4.78 is 11.4. The van der Waals surface area contributed by atoms with Gasteiger partial charge in [0.2, 0.25) is 5.91 Å². The van der Waals surface area contributed by atoms with Crippen LogP contribution in [-0.2, 0) is 11.3 Å². The first-order valence-electron chi connectivity index (χ1n) is 8.80. The van der Waals surface area contributed by atoms with Crippen LogP contribution >= 0.6 is 24.2 Å². The summed E-state index contributed by atoms with van der Waals surface area (Å²) in [5, 5.41) is 0.631. The summed E-state index contributed by atoms with van der Waals surface area (Å²) >= 11 is 11.0. The minimum atomic E-state index is -0.185. The van der Waals surface area contributed by atoms with E-state index in [1.807, 2.05) is 12.1 Å². The molecule has 7 heteroatoms. The van der Waals surface area contributed by atoms with Gasteiger partial charge >= 0.3 is 0 Å². The summed E-state index contributed by atoms with van der Waals surface area (Å²) in [7, 11) is 3.55. The molecule has 148 valence electrons. The Labute approximate surface area is 172 Å². The number of thiol groups is 1. The maximum Gasteiger partial charge on any atom is 0.239 e. The van der Waals surface area contributed by atoms with Crippen molar-refractivity contribution < 1.29 is 14.3 Å². The van der Waals surface area contributed by atoms with Crippen LogP contribution in [-0.4, -0.2) is 60.9 Å². The Balaban J connectivity index is 2.26. The van der Waals surface area contributed by atoms with E-state index in [9.17, 15) is 4.79 Å². The highest BCUT2D eigenvalue weighted by molar-refractivity contribution is 7.81. The number of benzene rings is 1. The van der Waals surface area contributed by atoms with E-state index in [1.54, 1.807) is 31.1 Å². The molecular weight excluding hydrogens is 384 g/mol. The highest BCUT2D eigenvalue weighted by Gasteiger charge is 2.36. The minimum absolute atomic E-state index is 0.0896. The van der Waals surface area contributed by atoms with Gasteiger partial charge in [-0.1, -0.05) is 36.9 Å². The van der Waals surface area contributed by atoms with Crippen molar-refractivity contribution in [1.29, 1.82) is 0 Å². The average Bonchev–Trinajstić information content (AvgIpc) is 2.98. The van der Waals surface area contributed by atoms with Gasteiger partial charge in [-0.05, 0) is 24.1 Å². The van der Waals surface area contributed by atoms with E-state index in [2.05, 4.69) is 30.7 Å². The largest absolute Gasteiger partial charge is 0.486 e. The predicted molar refractivity (Wildman–Crippen MR) is 113 cm³/mol. The molecule has 0 unspecified atom stereocenters. The number of carbonyl (C=O) groups excluding carboxylic acids is 1. The summed E-state index contributed by atoms with van der Waals surface area (Å²) in [6.07, 6.45) is 4.04. The molecule has 0 aliphatic carbocycles. The molecule has 0 bridgehead atoms. The summed E-state index contributed by atoms with van der Waals surface area (Å²) in [6.45, 7) is 9.32. The van der Waals surface area contributed by atoms with Gasteiger partial charge in [0.05, 0.1) is 11.1 Å². The van der Waals surface area contributed by atoms with Crippen molar-refractivity contribution in [2.45, 2.75) is 24.3 Å². The van der Waals surface area contributed by atoms with Crippen LogP contribution in [0, 0.1) is 0 Å². The van der Waals surface area contributed by atoms with Crippen molar-refractivity contribution in [2.75, 3.05) is 33.9 Å².